The number of carbonyl (C=O) groups is 2. The van der Waals surface area contributed by atoms with Crippen molar-refractivity contribution in [1.82, 2.24) is 5.32 Å². The maximum absolute atomic E-state index is 11.6. The van der Waals surface area contributed by atoms with Crippen LogP contribution in [0.5, 0.6) is 0 Å². The molecule has 0 spiro atoms. The summed E-state index contributed by atoms with van der Waals surface area (Å²) in [5.41, 5.74) is 1.88. The zero-order valence-corrected chi connectivity index (χ0v) is 9.12. The molecule has 0 aliphatic carbocycles. The zero-order chi connectivity index (χ0) is 12.0. The van der Waals surface area contributed by atoms with Crippen LogP contribution in [0.1, 0.15) is 5.56 Å². The molecule has 0 saturated carbocycles. The molecule has 2 unspecified atom stereocenters. The highest BCUT2D eigenvalue weighted by Gasteiger charge is 2.49. The van der Waals surface area contributed by atoms with E-state index in [9.17, 15) is 9.59 Å². The molecule has 17 heavy (non-hydrogen) atoms. The van der Waals surface area contributed by atoms with E-state index in [0.717, 1.165) is 11.3 Å². The van der Waals surface area contributed by atoms with Crippen LogP contribution in [0.25, 0.3) is 0 Å². The topological polar surface area (TPSA) is 74.1 Å². The standard InChI is InChI=1S/C11H10N4O2/c1-6-2-4-7(5-3-6)15-9-8(13-14-15)10(16)12-11(9)17/h2-5,8-9H,1H3,(H,12,16,17). The van der Waals surface area contributed by atoms with Gasteiger partial charge in [0.15, 0.2) is 12.1 Å². The summed E-state index contributed by atoms with van der Waals surface area (Å²) in [7, 11) is 0. The first-order valence-electron chi connectivity index (χ1n) is 5.28. The molecule has 1 N–H and O–H groups in total. The second kappa shape index (κ2) is 3.38. The van der Waals surface area contributed by atoms with Gasteiger partial charge in [-0.1, -0.05) is 22.9 Å². The van der Waals surface area contributed by atoms with Crippen molar-refractivity contribution in [3.05, 3.63) is 29.8 Å². The van der Waals surface area contributed by atoms with Gasteiger partial charge < -0.3 is 0 Å². The highest BCUT2D eigenvalue weighted by atomic mass is 16.2. The van der Waals surface area contributed by atoms with Crippen molar-refractivity contribution >= 4 is 17.5 Å². The second-order valence-corrected chi connectivity index (χ2v) is 4.13. The van der Waals surface area contributed by atoms with Gasteiger partial charge in [0, 0.05) is 0 Å². The van der Waals surface area contributed by atoms with Crippen LogP contribution in [0.3, 0.4) is 0 Å². The number of imide groups is 1. The maximum Gasteiger partial charge on any atom is 0.256 e. The molecule has 6 heteroatoms. The Labute approximate surface area is 97.3 Å². The smallest absolute Gasteiger partial charge is 0.256 e. The lowest BCUT2D eigenvalue weighted by atomic mass is 10.1. The summed E-state index contributed by atoms with van der Waals surface area (Å²) in [5.74, 6) is -0.719. The summed E-state index contributed by atoms with van der Waals surface area (Å²) in [6.07, 6.45) is 0. The van der Waals surface area contributed by atoms with E-state index in [1.165, 1.54) is 5.01 Å². The van der Waals surface area contributed by atoms with Crippen LogP contribution in [0, 0.1) is 6.92 Å². The third kappa shape index (κ3) is 1.41. The van der Waals surface area contributed by atoms with Crippen LogP contribution >= 0.6 is 0 Å². The SMILES string of the molecule is Cc1ccc(N2N=NC3C(=O)NC(=O)C32)cc1. The average Bonchev–Trinajstić information content (AvgIpc) is 2.84. The van der Waals surface area contributed by atoms with Crippen LogP contribution in [0.2, 0.25) is 0 Å². The largest absolute Gasteiger partial charge is 0.292 e. The number of nitrogens with one attached hydrogen (secondary N) is 1. The molecule has 2 atom stereocenters. The Morgan fingerprint density at radius 3 is 2.59 bits per heavy atom. The fraction of sp³-hybridized carbons (Fsp3) is 0.273. The Bertz CT molecular complexity index is 523. The van der Waals surface area contributed by atoms with E-state index in [1.54, 1.807) is 0 Å². The van der Waals surface area contributed by atoms with E-state index >= 15 is 0 Å². The summed E-state index contributed by atoms with van der Waals surface area (Å²) in [6.45, 7) is 1.98. The minimum Gasteiger partial charge on any atom is -0.292 e. The van der Waals surface area contributed by atoms with Crippen LogP contribution < -0.4 is 10.3 Å². The van der Waals surface area contributed by atoms with Crippen LogP contribution in [-0.2, 0) is 9.59 Å². The third-order valence-electron chi connectivity index (χ3n) is 2.92. The maximum atomic E-state index is 11.6. The van der Waals surface area contributed by atoms with E-state index < -0.39 is 12.1 Å². The van der Waals surface area contributed by atoms with Crippen molar-refractivity contribution in [1.29, 1.82) is 0 Å². The molecule has 1 saturated heterocycles. The first-order chi connectivity index (χ1) is 8.16. The molecule has 0 bridgehead atoms. The van der Waals surface area contributed by atoms with Crippen LogP contribution in [0.15, 0.2) is 34.6 Å². The second-order valence-electron chi connectivity index (χ2n) is 4.13. The number of hydrogen-bond acceptors (Lipinski definition) is 5. The molecule has 2 aliphatic rings. The minimum absolute atomic E-state index is 0.342. The fourth-order valence-corrected chi connectivity index (χ4v) is 1.99. The number of nitrogens with zero attached hydrogens (tertiary/aromatic N) is 3. The predicted octanol–water partition coefficient (Wildman–Crippen LogP) is 0.576. The van der Waals surface area contributed by atoms with Gasteiger partial charge in [-0.15, -0.1) is 0 Å². The van der Waals surface area contributed by atoms with Crippen molar-refractivity contribution in [3.8, 4) is 0 Å². The van der Waals surface area contributed by atoms with Gasteiger partial charge in [-0.3, -0.25) is 14.9 Å². The quantitative estimate of drug-likeness (QED) is 0.717. The van der Waals surface area contributed by atoms with E-state index in [4.69, 9.17) is 0 Å². The number of benzene rings is 1. The monoisotopic (exact) mass is 230 g/mol. The average molecular weight is 230 g/mol. The lowest BCUT2D eigenvalue weighted by Gasteiger charge is -2.18. The normalized spacial score (nSPS) is 26.3. The van der Waals surface area contributed by atoms with Gasteiger partial charge >= 0.3 is 0 Å². The Morgan fingerprint density at radius 1 is 1.18 bits per heavy atom. The molecule has 3 rings (SSSR count). The van der Waals surface area contributed by atoms with Gasteiger partial charge in [-0.25, -0.2) is 5.01 Å². The van der Waals surface area contributed by atoms with Gasteiger partial charge in [0.05, 0.1) is 5.69 Å². The number of aryl methyl sites for hydroxylation is 1. The Balaban J connectivity index is 1.96. The number of anilines is 1. The van der Waals surface area contributed by atoms with E-state index in [0.29, 0.717) is 0 Å². The van der Waals surface area contributed by atoms with Crippen molar-refractivity contribution in [2.24, 2.45) is 10.3 Å². The van der Waals surface area contributed by atoms with Crippen molar-refractivity contribution in [2.45, 2.75) is 19.0 Å². The summed E-state index contributed by atoms with van der Waals surface area (Å²) in [4.78, 5) is 23.0. The lowest BCUT2D eigenvalue weighted by molar-refractivity contribution is -0.125. The van der Waals surface area contributed by atoms with Gasteiger partial charge in [0.25, 0.3) is 11.8 Å². The number of fused-ring (bicyclic) bond motifs is 1. The number of amides is 2. The molecule has 86 valence electrons. The number of carbonyl (C=O) groups excluding carboxylic acids is 2. The van der Waals surface area contributed by atoms with Crippen molar-refractivity contribution in [3.63, 3.8) is 0 Å². The van der Waals surface area contributed by atoms with Crippen LogP contribution in [-0.4, -0.2) is 23.9 Å². The van der Waals surface area contributed by atoms with Crippen LogP contribution in [0.4, 0.5) is 5.69 Å². The highest BCUT2D eigenvalue weighted by molar-refractivity contribution is 6.11. The lowest BCUT2D eigenvalue weighted by Crippen LogP contribution is -2.38. The summed E-state index contributed by atoms with van der Waals surface area (Å²) < 4.78 is 0. The Kier molecular flexibility index (Phi) is 1.98. The molecule has 2 heterocycles. The summed E-state index contributed by atoms with van der Waals surface area (Å²) in [6, 6.07) is 6.22. The van der Waals surface area contributed by atoms with Crippen molar-refractivity contribution in [2.75, 3.05) is 5.01 Å². The number of rotatable bonds is 1. The molecule has 0 radical (unpaired) electrons. The summed E-state index contributed by atoms with van der Waals surface area (Å²) in [5, 5.41) is 11.5. The zero-order valence-electron chi connectivity index (χ0n) is 9.12. The molecule has 2 aliphatic heterocycles. The first-order valence-corrected chi connectivity index (χ1v) is 5.28. The Hall–Kier alpha value is -2.24. The molecule has 1 aromatic carbocycles. The minimum atomic E-state index is -0.705. The fourth-order valence-electron chi connectivity index (χ4n) is 1.99. The third-order valence-corrected chi connectivity index (χ3v) is 2.92. The van der Waals surface area contributed by atoms with Crippen molar-refractivity contribution < 1.29 is 9.59 Å². The van der Waals surface area contributed by atoms with E-state index in [-0.39, 0.29) is 11.8 Å². The van der Waals surface area contributed by atoms with E-state index in [2.05, 4.69) is 15.7 Å². The number of hydrogen-bond donors (Lipinski definition) is 1. The molecule has 0 aromatic heterocycles. The predicted molar refractivity (Wildman–Crippen MR) is 59.2 cm³/mol. The van der Waals surface area contributed by atoms with Gasteiger partial charge in [-0.2, -0.15) is 5.11 Å². The summed E-state index contributed by atoms with van der Waals surface area (Å²) >= 11 is 0. The molecule has 1 aromatic rings. The molecule has 2 amide bonds. The molecular weight excluding hydrogens is 220 g/mol. The van der Waals surface area contributed by atoms with Gasteiger partial charge in [-0.05, 0) is 19.1 Å². The highest BCUT2D eigenvalue weighted by Crippen LogP contribution is 2.28. The van der Waals surface area contributed by atoms with Gasteiger partial charge in [0.2, 0.25) is 0 Å². The Morgan fingerprint density at radius 2 is 1.88 bits per heavy atom. The van der Waals surface area contributed by atoms with E-state index in [1.807, 2.05) is 31.2 Å². The van der Waals surface area contributed by atoms with Gasteiger partial charge in [0.1, 0.15) is 0 Å². The molecular formula is C11H10N4O2. The molecule has 1 fully saturated rings. The first kappa shape index (κ1) is 9.95. The molecule has 6 nitrogen and oxygen atoms in total.